The number of benzene rings is 2. The first-order chi connectivity index (χ1) is 13.4. The van der Waals surface area contributed by atoms with Gasteiger partial charge >= 0.3 is 0 Å². The van der Waals surface area contributed by atoms with Crippen molar-refractivity contribution in [1.82, 2.24) is 4.98 Å². The quantitative estimate of drug-likeness (QED) is 0.557. The molecule has 1 heterocycles. The number of amides is 2. The second-order valence-corrected chi connectivity index (χ2v) is 8.53. The highest BCUT2D eigenvalue weighted by molar-refractivity contribution is 8.00. The number of aromatic nitrogens is 1. The van der Waals surface area contributed by atoms with E-state index in [4.69, 9.17) is 0 Å². The first-order valence-corrected chi connectivity index (χ1v) is 10.6. The lowest BCUT2D eigenvalue weighted by molar-refractivity contribution is -0.113. The molecule has 0 fully saturated rings. The zero-order valence-electron chi connectivity index (χ0n) is 15.9. The Bertz CT molecular complexity index is 978. The molecule has 3 aromatic rings. The van der Waals surface area contributed by atoms with Gasteiger partial charge in [0.15, 0.2) is 5.13 Å². The largest absolute Gasteiger partial charge is 0.325 e. The molecule has 0 radical (unpaired) electrons. The first kappa shape index (κ1) is 20.1. The van der Waals surface area contributed by atoms with E-state index < -0.39 is 0 Å². The molecule has 0 saturated heterocycles. The summed E-state index contributed by atoms with van der Waals surface area (Å²) in [4.78, 5) is 31.1. The van der Waals surface area contributed by atoms with Crippen LogP contribution >= 0.6 is 23.1 Å². The van der Waals surface area contributed by atoms with Gasteiger partial charge in [0, 0.05) is 15.5 Å². The number of nitrogens with one attached hydrogen (secondary N) is 2. The molecule has 0 spiro atoms. The average Bonchev–Trinajstić information content (AvgIpc) is 2.99. The standard InChI is InChI=1S/C21H21N3O2S2/c1-13-8-10-16(11-9-13)23-19(25)12-27-18-7-5-4-6-17(18)20(26)24-21-22-14(2)15(3)28-21/h4-11H,12H2,1-3H3,(H,23,25)(H,22,24,26). The maximum atomic E-state index is 12.7. The molecule has 5 nitrogen and oxygen atoms in total. The second kappa shape index (κ2) is 9.03. The van der Waals surface area contributed by atoms with Crippen LogP contribution in [0.3, 0.4) is 0 Å². The lowest BCUT2D eigenvalue weighted by Gasteiger charge is -2.09. The Kier molecular flexibility index (Phi) is 6.49. The fraction of sp³-hybridized carbons (Fsp3) is 0.190. The molecular formula is C21H21N3O2S2. The van der Waals surface area contributed by atoms with E-state index >= 15 is 0 Å². The Morgan fingerprint density at radius 3 is 2.39 bits per heavy atom. The molecule has 3 rings (SSSR count). The lowest BCUT2D eigenvalue weighted by atomic mass is 10.2. The van der Waals surface area contributed by atoms with Gasteiger partial charge in [-0.15, -0.1) is 23.1 Å². The van der Waals surface area contributed by atoms with Crippen molar-refractivity contribution in [3.8, 4) is 0 Å². The number of hydrogen-bond acceptors (Lipinski definition) is 5. The first-order valence-electron chi connectivity index (χ1n) is 8.76. The van der Waals surface area contributed by atoms with E-state index in [1.807, 2.05) is 63.2 Å². The van der Waals surface area contributed by atoms with Gasteiger partial charge in [0.1, 0.15) is 0 Å². The van der Waals surface area contributed by atoms with Crippen molar-refractivity contribution < 1.29 is 9.59 Å². The van der Waals surface area contributed by atoms with E-state index in [0.29, 0.717) is 10.7 Å². The molecule has 144 valence electrons. The summed E-state index contributed by atoms with van der Waals surface area (Å²) in [7, 11) is 0. The third kappa shape index (κ3) is 5.21. The van der Waals surface area contributed by atoms with Gasteiger partial charge in [-0.3, -0.25) is 14.9 Å². The summed E-state index contributed by atoms with van der Waals surface area (Å²) in [6, 6.07) is 14.9. The molecule has 0 aliphatic carbocycles. The number of carbonyl (C=O) groups is 2. The van der Waals surface area contributed by atoms with Crippen LogP contribution in [0.25, 0.3) is 0 Å². The van der Waals surface area contributed by atoms with Crippen LogP contribution in [0.15, 0.2) is 53.4 Å². The Morgan fingerprint density at radius 1 is 1.00 bits per heavy atom. The Morgan fingerprint density at radius 2 is 1.71 bits per heavy atom. The van der Waals surface area contributed by atoms with E-state index in [9.17, 15) is 9.59 Å². The van der Waals surface area contributed by atoms with E-state index in [0.717, 1.165) is 26.7 Å². The number of thioether (sulfide) groups is 1. The van der Waals surface area contributed by atoms with Gasteiger partial charge in [-0.1, -0.05) is 29.8 Å². The molecule has 0 unspecified atom stereocenters. The van der Waals surface area contributed by atoms with E-state index in [2.05, 4.69) is 15.6 Å². The normalized spacial score (nSPS) is 10.5. The SMILES string of the molecule is Cc1ccc(NC(=O)CSc2ccccc2C(=O)Nc2nc(C)c(C)s2)cc1. The highest BCUT2D eigenvalue weighted by atomic mass is 32.2. The fourth-order valence-corrected chi connectivity index (χ4v) is 4.11. The third-order valence-corrected chi connectivity index (χ3v) is 6.14. The van der Waals surface area contributed by atoms with Gasteiger partial charge < -0.3 is 5.32 Å². The summed E-state index contributed by atoms with van der Waals surface area (Å²) < 4.78 is 0. The molecule has 2 N–H and O–H groups in total. The van der Waals surface area contributed by atoms with Crippen LogP contribution in [-0.4, -0.2) is 22.6 Å². The predicted molar refractivity (Wildman–Crippen MR) is 117 cm³/mol. The lowest BCUT2D eigenvalue weighted by Crippen LogP contribution is -2.15. The predicted octanol–water partition coefficient (Wildman–Crippen LogP) is 5.05. The van der Waals surface area contributed by atoms with E-state index in [1.54, 1.807) is 6.07 Å². The van der Waals surface area contributed by atoms with E-state index in [-0.39, 0.29) is 17.6 Å². The molecule has 0 bridgehead atoms. The molecule has 1 aromatic heterocycles. The molecule has 0 aliphatic rings. The zero-order valence-corrected chi connectivity index (χ0v) is 17.5. The van der Waals surface area contributed by atoms with Gasteiger partial charge in [0.05, 0.1) is 17.0 Å². The van der Waals surface area contributed by atoms with Crippen LogP contribution in [0.2, 0.25) is 0 Å². The number of rotatable bonds is 6. The monoisotopic (exact) mass is 411 g/mol. The fourth-order valence-electron chi connectivity index (χ4n) is 2.45. The van der Waals surface area contributed by atoms with Crippen molar-refractivity contribution in [2.45, 2.75) is 25.7 Å². The van der Waals surface area contributed by atoms with Crippen molar-refractivity contribution >= 4 is 45.7 Å². The van der Waals surface area contributed by atoms with Gasteiger partial charge in [0.2, 0.25) is 5.91 Å². The Labute approximate surface area is 172 Å². The van der Waals surface area contributed by atoms with Crippen LogP contribution in [0, 0.1) is 20.8 Å². The highest BCUT2D eigenvalue weighted by Gasteiger charge is 2.15. The zero-order chi connectivity index (χ0) is 20.1. The number of anilines is 2. The molecule has 0 aliphatic heterocycles. The maximum absolute atomic E-state index is 12.7. The van der Waals surface area contributed by atoms with Gasteiger partial charge in [0.25, 0.3) is 5.91 Å². The summed E-state index contributed by atoms with van der Waals surface area (Å²) in [5, 5.41) is 6.30. The molecule has 7 heteroatoms. The average molecular weight is 412 g/mol. The van der Waals surface area contributed by atoms with Crippen LogP contribution in [0.4, 0.5) is 10.8 Å². The number of aryl methyl sites for hydroxylation is 3. The minimum absolute atomic E-state index is 0.116. The number of thiazole rings is 1. The summed E-state index contributed by atoms with van der Waals surface area (Å²) in [6.07, 6.45) is 0. The van der Waals surface area contributed by atoms with Gasteiger partial charge in [-0.25, -0.2) is 4.98 Å². The van der Waals surface area contributed by atoms with Crippen molar-refractivity contribution in [2.75, 3.05) is 16.4 Å². The number of carbonyl (C=O) groups excluding carboxylic acids is 2. The molecule has 28 heavy (non-hydrogen) atoms. The van der Waals surface area contributed by atoms with Crippen molar-refractivity contribution in [2.24, 2.45) is 0 Å². The summed E-state index contributed by atoms with van der Waals surface area (Å²) in [5.74, 6) is -0.126. The van der Waals surface area contributed by atoms with Crippen LogP contribution < -0.4 is 10.6 Å². The summed E-state index contributed by atoms with van der Waals surface area (Å²) >= 11 is 2.78. The third-order valence-electron chi connectivity index (χ3n) is 4.07. The number of nitrogens with zero attached hydrogens (tertiary/aromatic N) is 1. The summed E-state index contributed by atoms with van der Waals surface area (Å²) in [6.45, 7) is 5.88. The van der Waals surface area contributed by atoms with Gasteiger partial charge in [-0.2, -0.15) is 0 Å². The molecule has 0 saturated carbocycles. The Hall–Kier alpha value is -2.64. The highest BCUT2D eigenvalue weighted by Crippen LogP contribution is 2.26. The van der Waals surface area contributed by atoms with Crippen LogP contribution in [-0.2, 0) is 4.79 Å². The summed E-state index contributed by atoms with van der Waals surface area (Å²) in [5.41, 5.74) is 3.34. The smallest absolute Gasteiger partial charge is 0.258 e. The van der Waals surface area contributed by atoms with Gasteiger partial charge in [-0.05, 0) is 45.0 Å². The molecule has 2 aromatic carbocycles. The molecule has 2 amide bonds. The van der Waals surface area contributed by atoms with Crippen molar-refractivity contribution in [3.63, 3.8) is 0 Å². The maximum Gasteiger partial charge on any atom is 0.258 e. The Balaban J connectivity index is 1.63. The van der Waals surface area contributed by atoms with Crippen molar-refractivity contribution in [1.29, 1.82) is 0 Å². The second-order valence-electron chi connectivity index (χ2n) is 6.31. The van der Waals surface area contributed by atoms with E-state index in [1.165, 1.54) is 23.1 Å². The molecular weight excluding hydrogens is 390 g/mol. The number of hydrogen-bond donors (Lipinski definition) is 2. The van der Waals surface area contributed by atoms with Crippen molar-refractivity contribution in [3.05, 3.63) is 70.2 Å². The minimum atomic E-state index is -0.226. The molecule has 0 atom stereocenters. The van der Waals surface area contributed by atoms with Crippen LogP contribution in [0.1, 0.15) is 26.5 Å². The van der Waals surface area contributed by atoms with Crippen LogP contribution in [0.5, 0.6) is 0 Å². The minimum Gasteiger partial charge on any atom is -0.325 e. The topological polar surface area (TPSA) is 71.1 Å².